The summed E-state index contributed by atoms with van der Waals surface area (Å²) in [4.78, 5) is 0. The largest absolute Gasteiger partial charge is 0.494 e. The van der Waals surface area contributed by atoms with Crippen molar-refractivity contribution in [2.24, 2.45) is 5.73 Å². The van der Waals surface area contributed by atoms with Crippen molar-refractivity contribution >= 4 is 0 Å². The van der Waals surface area contributed by atoms with Gasteiger partial charge in [0.25, 0.3) is 0 Å². The van der Waals surface area contributed by atoms with Gasteiger partial charge in [-0.05, 0) is 43.9 Å². The van der Waals surface area contributed by atoms with Crippen molar-refractivity contribution in [3.8, 4) is 5.75 Å². The SMILES string of the molecule is C[C@@](N)(CO)CCc1ccc(OCCCC(F)(F)C(F)(F)F)cc1. The molecule has 3 N–H and O–H groups in total. The molecule has 0 aliphatic carbocycles. The van der Waals surface area contributed by atoms with Gasteiger partial charge in [-0.1, -0.05) is 12.1 Å². The predicted octanol–water partition coefficient (Wildman–Crippen LogP) is 3.69. The van der Waals surface area contributed by atoms with E-state index in [1.807, 2.05) is 0 Å². The standard InChI is InChI=1S/C16H22F5NO2/c1-14(22,11-23)9-7-12-3-5-13(6-4-12)24-10-2-8-15(17,18)16(19,20)21/h3-6,23H,2,7-11,22H2,1H3/t14-/m0/s1. The first-order chi connectivity index (χ1) is 11.0. The minimum absolute atomic E-state index is 0.128. The summed E-state index contributed by atoms with van der Waals surface area (Å²) >= 11 is 0. The fraction of sp³-hybridized carbons (Fsp3) is 0.625. The number of ether oxygens (including phenoxy) is 1. The summed E-state index contributed by atoms with van der Waals surface area (Å²) in [5, 5.41) is 9.08. The van der Waals surface area contributed by atoms with E-state index >= 15 is 0 Å². The van der Waals surface area contributed by atoms with E-state index in [4.69, 9.17) is 15.6 Å². The molecule has 24 heavy (non-hydrogen) atoms. The molecule has 0 spiro atoms. The van der Waals surface area contributed by atoms with Gasteiger partial charge < -0.3 is 15.6 Å². The van der Waals surface area contributed by atoms with Gasteiger partial charge in [-0.2, -0.15) is 22.0 Å². The van der Waals surface area contributed by atoms with Crippen LogP contribution < -0.4 is 10.5 Å². The lowest BCUT2D eigenvalue weighted by atomic mass is 9.95. The topological polar surface area (TPSA) is 55.5 Å². The average molecular weight is 355 g/mol. The first-order valence-electron chi connectivity index (χ1n) is 7.53. The Morgan fingerprint density at radius 2 is 1.62 bits per heavy atom. The lowest BCUT2D eigenvalue weighted by Crippen LogP contribution is -2.40. The zero-order valence-corrected chi connectivity index (χ0v) is 13.4. The second-order valence-electron chi connectivity index (χ2n) is 6.11. The highest BCUT2D eigenvalue weighted by atomic mass is 19.4. The number of aliphatic hydroxyl groups is 1. The Bertz CT molecular complexity index is 500. The monoisotopic (exact) mass is 355 g/mol. The van der Waals surface area contributed by atoms with Gasteiger partial charge in [-0.3, -0.25) is 0 Å². The highest BCUT2D eigenvalue weighted by molar-refractivity contribution is 5.27. The third-order valence-corrected chi connectivity index (χ3v) is 3.59. The Morgan fingerprint density at radius 3 is 2.12 bits per heavy atom. The summed E-state index contributed by atoms with van der Waals surface area (Å²) in [7, 11) is 0. The zero-order valence-electron chi connectivity index (χ0n) is 13.4. The third kappa shape index (κ3) is 6.60. The van der Waals surface area contributed by atoms with Crippen LogP contribution in [0.25, 0.3) is 0 Å². The number of halogens is 5. The van der Waals surface area contributed by atoms with Gasteiger partial charge >= 0.3 is 12.1 Å². The fourth-order valence-electron chi connectivity index (χ4n) is 1.89. The number of benzene rings is 1. The lowest BCUT2D eigenvalue weighted by molar-refractivity contribution is -0.284. The van der Waals surface area contributed by atoms with Crippen molar-refractivity contribution in [2.45, 2.75) is 50.2 Å². The predicted molar refractivity (Wildman–Crippen MR) is 80.2 cm³/mol. The maximum absolute atomic E-state index is 12.7. The summed E-state index contributed by atoms with van der Waals surface area (Å²) in [5.41, 5.74) is 6.11. The number of rotatable bonds is 9. The molecular weight excluding hydrogens is 333 g/mol. The molecule has 0 bridgehead atoms. The molecule has 0 unspecified atom stereocenters. The third-order valence-electron chi connectivity index (χ3n) is 3.59. The smallest absolute Gasteiger partial charge is 0.453 e. The first-order valence-corrected chi connectivity index (χ1v) is 7.53. The summed E-state index contributed by atoms with van der Waals surface area (Å²) in [5.74, 6) is -4.30. The van der Waals surface area contributed by atoms with Crippen LogP contribution in [0.3, 0.4) is 0 Å². The molecule has 138 valence electrons. The Labute approximate surface area is 137 Å². The van der Waals surface area contributed by atoms with Gasteiger partial charge in [0.15, 0.2) is 0 Å². The maximum Gasteiger partial charge on any atom is 0.453 e. The number of aryl methyl sites for hydroxylation is 1. The van der Waals surface area contributed by atoms with Crippen molar-refractivity contribution in [1.82, 2.24) is 0 Å². The van der Waals surface area contributed by atoms with Crippen LogP contribution in [-0.2, 0) is 6.42 Å². The minimum atomic E-state index is -5.53. The van der Waals surface area contributed by atoms with Gasteiger partial charge in [0.2, 0.25) is 0 Å². The van der Waals surface area contributed by atoms with E-state index in [9.17, 15) is 22.0 Å². The molecule has 3 nitrogen and oxygen atoms in total. The highest BCUT2D eigenvalue weighted by Gasteiger charge is 2.56. The molecule has 0 aromatic heterocycles. The normalized spacial score (nSPS) is 15.2. The summed E-state index contributed by atoms with van der Waals surface area (Å²) < 4.78 is 66.6. The number of hydrogen-bond acceptors (Lipinski definition) is 3. The van der Waals surface area contributed by atoms with Crippen molar-refractivity contribution in [1.29, 1.82) is 0 Å². The number of hydrogen-bond donors (Lipinski definition) is 2. The number of nitrogens with two attached hydrogens (primary N) is 1. The summed E-state index contributed by atoms with van der Waals surface area (Å²) in [6.45, 7) is 1.38. The van der Waals surface area contributed by atoms with Crippen LogP contribution in [0.2, 0.25) is 0 Å². The van der Waals surface area contributed by atoms with Crippen molar-refractivity contribution in [3.05, 3.63) is 29.8 Å². The molecule has 0 saturated carbocycles. The van der Waals surface area contributed by atoms with Crippen LogP contribution in [0.4, 0.5) is 22.0 Å². The van der Waals surface area contributed by atoms with Crippen LogP contribution in [0.5, 0.6) is 5.75 Å². The Morgan fingerprint density at radius 1 is 1.04 bits per heavy atom. The van der Waals surface area contributed by atoms with E-state index in [0.29, 0.717) is 18.6 Å². The molecule has 1 rings (SSSR count). The van der Waals surface area contributed by atoms with Gasteiger partial charge in [0.1, 0.15) is 5.75 Å². The Balaban J connectivity index is 2.38. The van der Waals surface area contributed by atoms with E-state index in [1.54, 1.807) is 31.2 Å². The van der Waals surface area contributed by atoms with E-state index in [-0.39, 0.29) is 13.2 Å². The quantitative estimate of drug-likeness (QED) is 0.525. The molecular formula is C16H22F5NO2. The zero-order chi connectivity index (χ0) is 18.4. The van der Waals surface area contributed by atoms with E-state index < -0.39 is 30.5 Å². The molecule has 1 aromatic carbocycles. The molecule has 0 aliphatic rings. The van der Waals surface area contributed by atoms with Gasteiger partial charge in [0, 0.05) is 12.0 Å². The lowest BCUT2D eigenvalue weighted by Gasteiger charge is -2.21. The molecule has 0 saturated heterocycles. The van der Waals surface area contributed by atoms with Crippen LogP contribution in [0.15, 0.2) is 24.3 Å². The molecule has 0 fully saturated rings. The average Bonchev–Trinajstić information content (AvgIpc) is 2.50. The maximum atomic E-state index is 12.7. The van der Waals surface area contributed by atoms with E-state index in [1.165, 1.54) is 0 Å². The van der Waals surface area contributed by atoms with Crippen LogP contribution in [-0.4, -0.2) is 36.0 Å². The Hall–Kier alpha value is -1.41. The number of aliphatic hydroxyl groups excluding tert-OH is 1. The van der Waals surface area contributed by atoms with Gasteiger partial charge in [0.05, 0.1) is 13.2 Å². The summed E-state index contributed by atoms with van der Waals surface area (Å²) in [6.07, 6.45) is -6.01. The highest BCUT2D eigenvalue weighted by Crippen LogP contribution is 2.38. The molecule has 0 radical (unpaired) electrons. The molecule has 1 aromatic rings. The first kappa shape index (κ1) is 20.6. The second kappa shape index (κ2) is 8.11. The molecule has 0 heterocycles. The van der Waals surface area contributed by atoms with Gasteiger partial charge in [-0.25, -0.2) is 0 Å². The van der Waals surface area contributed by atoms with Crippen LogP contribution in [0, 0.1) is 0 Å². The van der Waals surface area contributed by atoms with Gasteiger partial charge in [-0.15, -0.1) is 0 Å². The van der Waals surface area contributed by atoms with Crippen molar-refractivity contribution < 1.29 is 31.8 Å². The van der Waals surface area contributed by atoms with Crippen LogP contribution in [0.1, 0.15) is 31.7 Å². The van der Waals surface area contributed by atoms with Crippen molar-refractivity contribution in [2.75, 3.05) is 13.2 Å². The Kier molecular flexibility index (Phi) is 6.97. The molecule has 8 heteroatoms. The molecule has 0 aliphatic heterocycles. The second-order valence-corrected chi connectivity index (χ2v) is 6.11. The summed E-state index contributed by atoms with van der Waals surface area (Å²) in [6, 6.07) is 6.74. The molecule has 0 amide bonds. The van der Waals surface area contributed by atoms with E-state index in [2.05, 4.69) is 0 Å². The molecule has 1 atom stereocenters. The fourth-order valence-corrected chi connectivity index (χ4v) is 1.89. The van der Waals surface area contributed by atoms with Crippen molar-refractivity contribution in [3.63, 3.8) is 0 Å². The minimum Gasteiger partial charge on any atom is -0.494 e. The van der Waals surface area contributed by atoms with Crippen LogP contribution >= 0.6 is 0 Å². The number of alkyl halides is 5. The van der Waals surface area contributed by atoms with E-state index in [0.717, 1.165) is 5.56 Å².